The van der Waals surface area contributed by atoms with E-state index in [1.807, 2.05) is 12.1 Å². The maximum atomic E-state index is 13.0. The van der Waals surface area contributed by atoms with Gasteiger partial charge in [-0.3, -0.25) is 4.90 Å². The van der Waals surface area contributed by atoms with Crippen LogP contribution in [-0.2, 0) is 4.74 Å². The summed E-state index contributed by atoms with van der Waals surface area (Å²) in [6, 6.07) is 7.19. The lowest BCUT2D eigenvalue weighted by Crippen LogP contribution is -2.54. The number of nitrogens with zero attached hydrogens (tertiary/aromatic N) is 2. The molecule has 0 saturated carbocycles. The van der Waals surface area contributed by atoms with Crippen LogP contribution in [0.5, 0.6) is 0 Å². The Bertz CT molecular complexity index is 404. The predicted octanol–water partition coefficient (Wildman–Crippen LogP) is 1.57. The Balaban J connectivity index is 1.87. The highest BCUT2D eigenvalue weighted by Crippen LogP contribution is 2.17. The molecule has 1 saturated heterocycles. The van der Waals surface area contributed by atoms with Crippen molar-refractivity contribution in [2.24, 2.45) is 0 Å². The van der Waals surface area contributed by atoms with E-state index in [1.165, 1.54) is 12.1 Å². The Kier molecular flexibility index (Phi) is 6.42. The topological polar surface area (TPSA) is 27.7 Å². The molecule has 2 rings (SSSR count). The van der Waals surface area contributed by atoms with Crippen molar-refractivity contribution in [3.05, 3.63) is 30.1 Å². The standard InChI is InChI=1S/C16H26FN3O/c1-3-18-12-16(13-21-2)20-10-8-19(9-11-20)15-6-4-14(17)5-7-15/h4-7,16,18H,3,8-13H2,1-2H3. The van der Waals surface area contributed by atoms with Gasteiger partial charge in [-0.25, -0.2) is 4.39 Å². The summed E-state index contributed by atoms with van der Waals surface area (Å²) in [5, 5.41) is 3.40. The second-order valence-corrected chi connectivity index (χ2v) is 5.42. The summed E-state index contributed by atoms with van der Waals surface area (Å²) >= 11 is 0. The molecular weight excluding hydrogens is 269 g/mol. The van der Waals surface area contributed by atoms with Crippen molar-refractivity contribution in [3.8, 4) is 0 Å². The molecule has 0 spiro atoms. The fraction of sp³-hybridized carbons (Fsp3) is 0.625. The fourth-order valence-corrected chi connectivity index (χ4v) is 2.79. The Labute approximate surface area is 126 Å². The highest BCUT2D eigenvalue weighted by atomic mass is 19.1. The number of hydrogen-bond acceptors (Lipinski definition) is 4. The molecule has 4 nitrogen and oxygen atoms in total. The van der Waals surface area contributed by atoms with Crippen LogP contribution in [0.3, 0.4) is 0 Å². The van der Waals surface area contributed by atoms with E-state index in [0.29, 0.717) is 6.04 Å². The molecule has 1 unspecified atom stereocenters. The number of ether oxygens (including phenoxy) is 1. The molecule has 0 aromatic heterocycles. The van der Waals surface area contributed by atoms with Gasteiger partial charge in [-0.1, -0.05) is 6.92 Å². The normalized spacial score (nSPS) is 18.0. The zero-order chi connectivity index (χ0) is 15.1. The largest absolute Gasteiger partial charge is 0.383 e. The first-order chi connectivity index (χ1) is 10.2. The summed E-state index contributed by atoms with van der Waals surface area (Å²) in [7, 11) is 1.76. The second-order valence-electron chi connectivity index (χ2n) is 5.42. The molecule has 118 valence electrons. The van der Waals surface area contributed by atoms with E-state index >= 15 is 0 Å². The van der Waals surface area contributed by atoms with Gasteiger partial charge in [0.25, 0.3) is 0 Å². The van der Waals surface area contributed by atoms with Crippen LogP contribution in [0.4, 0.5) is 10.1 Å². The molecule has 0 radical (unpaired) electrons. The molecule has 1 aromatic rings. The Morgan fingerprint density at radius 3 is 2.43 bits per heavy atom. The van der Waals surface area contributed by atoms with Crippen molar-refractivity contribution in [3.63, 3.8) is 0 Å². The molecule has 1 N–H and O–H groups in total. The van der Waals surface area contributed by atoms with Gasteiger partial charge in [0.05, 0.1) is 6.61 Å². The number of nitrogens with one attached hydrogen (secondary N) is 1. The predicted molar refractivity (Wildman–Crippen MR) is 84.4 cm³/mol. The molecule has 0 amide bonds. The van der Waals surface area contributed by atoms with E-state index in [9.17, 15) is 4.39 Å². The number of anilines is 1. The van der Waals surface area contributed by atoms with Crippen LogP contribution < -0.4 is 10.2 Å². The fourth-order valence-electron chi connectivity index (χ4n) is 2.79. The van der Waals surface area contributed by atoms with E-state index < -0.39 is 0 Å². The van der Waals surface area contributed by atoms with Gasteiger partial charge < -0.3 is 15.0 Å². The van der Waals surface area contributed by atoms with Gasteiger partial charge in [0.1, 0.15) is 5.82 Å². The molecule has 1 fully saturated rings. The number of likely N-dealkylation sites (N-methyl/N-ethyl adjacent to an activating group) is 1. The number of rotatable bonds is 7. The van der Waals surface area contributed by atoms with Crippen LogP contribution >= 0.6 is 0 Å². The van der Waals surface area contributed by atoms with Crippen molar-refractivity contribution in [1.29, 1.82) is 0 Å². The zero-order valence-corrected chi connectivity index (χ0v) is 13.0. The second kappa shape index (κ2) is 8.32. The van der Waals surface area contributed by atoms with Crippen LogP contribution in [0.15, 0.2) is 24.3 Å². The minimum Gasteiger partial charge on any atom is -0.383 e. The number of methoxy groups -OCH3 is 1. The lowest BCUT2D eigenvalue weighted by Gasteiger charge is -2.40. The third-order valence-electron chi connectivity index (χ3n) is 4.01. The van der Waals surface area contributed by atoms with Gasteiger partial charge >= 0.3 is 0 Å². The molecule has 1 atom stereocenters. The van der Waals surface area contributed by atoms with Crippen molar-refractivity contribution >= 4 is 5.69 Å². The van der Waals surface area contributed by atoms with Gasteiger partial charge in [-0.05, 0) is 30.8 Å². The molecule has 1 aliphatic heterocycles. The first kappa shape index (κ1) is 16.2. The molecule has 21 heavy (non-hydrogen) atoms. The van der Waals surface area contributed by atoms with Crippen molar-refractivity contribution in [2.75, 3.05) is 57.9 Å². The van der Waals surface area contributed by atoms with Gasteiger partial charge in [0, 0.05) is 51.6 Å². The lowest BCUT2D eigenvalue weighted by molar-refractivity contribution is 0.0855. The average molecular weight is 295 g/mol. The molecule has 1 aromatic carbocycles. The summed E-state index contributed by atoms with van der Waals surface area (Å²) in [5.74, 6) is -0.178. The summed E-state index contributed by atoms with van der Waals surface area (Å²) < 4.78 is 18.3. The quantitative estimate of drug-likeness (QED) is 0.826. The van der Waals surface area contributed by atoms with Gasteiger partial charge in [0.2, 0.25) is 0 Å². The van der Waals surface area contributed by atoms with E-state index in [2.05, 4.69) is 22.0 Å². The third-order valence-corrected chi connectivity index (χ3v) is 4.01. The lowest BCUT2D eigenvalue weighted by atomic mass is 10.2. The number of benzene rings is 1. The van der Waals surface area contributed by atoms with Crippen molar-refractivity contribution < 1.29 is 9.13 Å². The molecule has 1 heterocycles. The molecule has 0 bridgehead atoms. The van der Waals surface area contributed by atoms with Crippen LogP contribution in [0, 0.1) is 5.82 Å². The van der Waals surface area contributed by atoms with Gasteiger partial charge in [-0.2, -0.15) is 0 Å². The first-order valence-electron chi connectivity index (χ1n) is 7.68. The monoisotopic (exact) mass is 295 g/mol. The Morgan fingerprint density at radius 2 is 1.86 bits per heavy atom. The summed E-state index contributed by atoms with van der Waals surface area (Å²) in [5.41, 5.74) is 1.10. The highest BCUT2D eigenvalue weighted by Gasteiger charge is 2.23. The zero-order valence-electron chi connectivity index (χ0n) is 13.0. The van der Waals surface area contributed by atoms with Gasteiger partial charge in [0.15, 0.2) is 0 Å². The average Bonchev–Trinajstić information content (AvgIpc) is 2.52. The van der Waals surface area contributed by atoms with Crippen LogP contribution in [-0.4, -0.2) is 63.9 Å². The van der Waals surface area contributed by atoms with Crippen LogP contribution in [0.1, 0.15) is 6.92 Å². The molecule has 0 aliphatic carbocycles. The van der Waals surface area contributed by atoms with Gasteiger partial charge in [-0.15, -0.1) is 0 Å². The molecule has 1 aliphatic rings. The summed E-state index contributed by atoms with van der Waals surface area (Å²) in [4.78, 5) is 4.79. The number of hydrogen-bond donors (Lipinski definition) is 1. The van der Waals surface area contributed by atoms with Crippen molar-refractivity contribution in [2.45, 2.75) is 13.0 Å². The van der Waals surface area contributed by atoms with E-state index in [0.717, 1.165) is 51.6 Å². The minimum absolute atomic E-state index is 0.178. The minimum atomic E-state index is -0.178. The maximum Gasteiger partial charge on any atom is 0.123 e. The smallest absolute Gasteiger partial charge is 0.123 e. The van der Waals surface area contributed by atoms with Crippen LogP contribution in [0.25, 0.3) is 0 Å². The SMILES string of the molecule is CCNCC(COC)N1CCN(c2ccc(F)cc2)CC1. The Morgan fingerprint density at radius 1 is 1.19 bits per heavy atom. The molecule has 5 heteroatoms. The third kappa shape index (κ3) is 4.66. The van der Waals surface area contributed by atoms with Crippen molar-refractivity contribution in [1.82, 2.24) is 10.2 Å². The first-order valence-corrected chi connectivity index (χ1v) is 7.68. The molecular formula is C16H26FN3O. The van der Waals surface area contributed by atoms with E-state index in [-0.39, 0.29) is 5.82 Å². The van der Waals surface area contributed by atoms with E-state index in [4.69, 9.17) is 4.74 Å². The Hall–Kier alpha value is -1.17. The van der Waals surface area contributed by atoms with E-state index in [1.54, 1.807) is 7.11 Å². The highest BCUT2D eigenvalue weighted by molar-refractivity contribution is 5.46. The van der Waals surface area contributed by atoms with Crippen LogP contribution in [0.2, 0.25) is 0 Å². The number of halogens is 1. The maximum absolute atomic E-state index is 13.0. The summed E-state index contributed by atoms with van der Waals surface area (Å²) in [6.45, 7) is 8.78. The number of piperazine rings is 1. The summed E-state index contributed by atoms with van der Waals surface area (Å²) in [6.07, 6.45) is 0.